The summed E-state index contributed by atoms with van der Waals surface area (Å²) < 4.78 is 0. The summed E-state index contributed by atoms with van der Waals surface area (Å²) >= 11 is 1.79. The van der Waals surface area contributed by atoms with Crippen LogP contribution in [-0.2, 0) is 17.8 Å². The van der Waals surface area contributed by atoms with Gasteiger partial charge in [0.15, 0.2) is 0 Å². The number of nitrogens with one attached hydrogen (secondary N) is 1. The van der Waals surface area contributed by atoms with Gasteiger partial charge in [-0.05, 0) is 43.0 Å². The van der Waals surface area contributed by atoms with E-state index in [0.717, 1.165) is 13.0 Å². The quantitative estimate of drug-likeness (QED) is 0.531. The van der Waals surface area contributed by atoms with Crippen molar-refractivity contribution in [2.24, 2.45) is 0 Å². The molecule has 0 amide bonds. The molecule has 0 bridgehead atoms. The summed E-state index contributed by atoms with van der Waals surface area (Å²) in [4.78, 5) is 13.5. The number of benzene rings is 2. The molecule has 0 fully saturated rings. The topological polar surface area (TPSA) is 49.3 Å². The molecule has 2 N–H and O–H groups in total. The van der Waals surface area contributed by atoms with Crippen LogP contribution in [0.1, 0.15) is 28.8 Å². The van der Waals surface area contributed by atoms with Crippen LogP contribution in [0.25, 0.3) is 10.4 Å². The second-order valence-corrected chi connectivity index (χ2v) is 8.00. The third-order valence-corrected chi connectivity index (χ3v) is 5.73. The van der Waals surface area contributed by atoms with Gasteiger partial charge in [-0.2, -0.15) is 0 Å². The molecule has 0 saturated carbocycles. The van der Waals surface area contributed by atoms with Crippen LogP contribution in [0.5, 0.6) is 0 Å². The maximum Gasteiger partial charge on any atom is 0.303 e. The number of carbonyl (C=O) groups is 1. The van der Waals surface area contributed by atoms with Gasteiger partial charge in [-0.15, -0.1) is 11.3 Å². The zero-order chi connectivity index (χ0) is 19.1. The van der Waals surface area contributed by atoms with Gasteiger partial charge in [0.1, 0.15) is 0 Å². The van der Waals surface area contributed by atoms with Crippen molar-refractivity contribution in [3.63, 3.8) is 0 Å². The van der Waals surface area contributed by atoms with Crippen molar-refractivity contribution in [3.8, 4) is 10.4 Å². The van der Waals surface area contributed by atoms with E-state index in [4.69, 9.17) is 5.11 Å². The third kappa shape index (κ3) is 6.05. The van der Waals surface area contributed by atoms with E-state index < -0.39 is 5.97 Å². The van der Waals surface area contributed by atoms with Gasteiger partial charge in [-0.25, -0.2) is 0 Å². The molecule has 1 atom stereocenters. The molecule has 0 spiro atoms. The molecular formula is C23H25NO2S. The van der Waals surface area contributed by atoms with E-state index in [0.29, 0.717) is 6.42 Å². The maximum absolute atomic E-state index is 11.0. The molecule has 3 nitrogen and oxygen atoms in total. The molecule has 2 aromatic carbocycles. The summed E-state index contributed by atoms with van der Waals surface area (Å²) in [5, 5.41) is 12.6. The molecule has 0 saturated heterocycles. The Hall–Kier alpha value is -2.43. The summed E-state index contributed by atoms with van der Waals surface area (Å²) in [5.74, 6) is -0.743. The summed E-state index contributed by atoms with van der Waals surface area (Å²) in [6.07, 6.45) is 1.65. The minimum atomic E-state index is -0.743. The van der Waals surface area contributed by atoms with Crippen molar-refractivity contribution in [3.05, 3.63) is 82.7 Å². The third-order valence-electron chi connectivity index (χ3n) is 4.59. The second kappa shape index (κ2) is 9.49. The Labute approximate surface area is 164 Å². The van der Waals surface area contributed by atoms with E-state index in [1.54, 1.807) is 11.3 Å². The monoisotopic (exact) mass is 379 g/mol. The average molecular weight is 380 g/mol. The number of carboxylic acids is 1. The minimum absolute atomic E-state index is 0.147. The normalized spacial score (nSPS) is 12.0. The van der Waals surface area contributed by atoms with Gasteiger partial charge in [0.05, 0.1) is 0 Å². The lowest BCUT2D eigenvalue weighted by Crippen LogP contribution is -2.31. The first-order valence-electron chi connectivity index (χ1n) is 9.25. The van der Waals surface area contributed by atoms with Crippen LogP contribution >= 0.6 is 11.3 Å². The van der Waals surface area contributed by atoms with Gasteiger partial charge < -0.3 is 10.4 Å². The fourth-order valence-electron chi connectivity index (χ4n) is 3.06. The lowest BCUT2D eigenvalue weighted by atomic mass is 10.0. The van der Waals surface area contributed by atoms with Crippen LogP contribution in [0.3, 0.4) is 0 Å². The second-order valence-electron chi connectivity index (χ2n) is 6.83. The minimum Gasteiger partial charge on any atom is -0.481 e. The molecule has 4 heteroatoms. The molecule has 3 rings (SSSR count). The zero-order valence-corrected chi connectivity index (χ0v) is 16.3. The number of aliphatic carboxylic acids is 1. The van der Waals surface area contributed by atoms with Crippen molar-refractivity contribution in [1.29, 1.82) is 0 Å². The molecular weight excluding hydrogens is 354 g/mol. The molecule has 27 heavy (non-hydrogen) atoms. The molecule has 0 aliphatic heterocycles. The van der Waals surface area contributed by atoms with Crippen LogP contribution in [0.15, 0.2) is 66.7 Å². The lowest BCUT2D eigenvalue weighted by molar-refractivity contribution is -0.137. The van der Waals surface area contributed by atoms with E-state index in [2.05, 4.69) is 60.8 Å². The SMILES string of the molecule is Cc1ccc(-c2ccc(CNC(CCC(=O)O)Cc3ccccc3)s2)cc1. The first-order chi connectivity index (χ1) is 13.1. The number of carboxylic acid groups (broad SMARTS) is 1. The van der Waals surface area contributed by atoms with Gasteiger partial charge in [-0.3, -0.25) is 4.79 Å². The maximum atomic E-state index is 11.0. The van der Waals surface area contributed by atoms with E-state index in [9.17, 15) is 4.79 Å². The van der Waals surface area contributed by atoms with Gasteiger partial charge in [0.2, 0.25) is 0 Å². The smallest absolute Gasteiger partial charge is 0.303 e. The molecule has 140 valence electrons. The van der Waals surface area contributed by atoms with Crippen molar-refractivity contribution >= 4 is 17.3 Å². The average Bonchev–Trinajstić information content (AvgIpc) is 3.14. The fraction of sp³-hybridized carbons (Fsp3) is 0.261. The zero-order valence-electron chi connectivity index (χ0n) is 15.5. The Morgan fingerprint density at radius 2 is 1.78 bits per heavy atom. The van der Waals surface area contributed by atoms with Crippen molar-refractivity contribution in [1.82, 2.24) is 5.32 Å². The highest BCUT2D eigenvalue weighted by molar-refractivity contribution is 7.15. The Kier molecular flexibility index (Phi) is 6.80. The largest absolute Gasteiger partial charge is 0.481 e. The number of hydrogen-bond acceptors (Lipinski definition) is 3. The van der Waals surface area contributed by atoms with Gasteiger partial charge in [-0.1, -0.05) is 60.2 Å². The van der Waals surface area contributed by atoms with E-state index in [-0.39, 0.29) is 12.5 Å². The highest BCUT2D eigenvalue weighted by Crippen LogP contribution is 2.28. The first-order valence-corrected chi connectivity index (χ1v) is 10.1. The molecule has 3 aromatic rings. The molecule has 0 aliphatic rings. The highest BCUT2D eigenvalue weighted by atomic mass is 32.1. The Morgan fingerprint density at radius 1 is 1.04 bits per heavy atom. The van der Waals surface area contributed by atoms with Crippen LogP contribution < -0.4 is 5.32 Å². The van der Waals surface area contributed by atoms with E-state index >= 15 is 0 Å². The van der Waals surface area contributed by atoms with Crippen molar-refractivity contribution in [2.75, 3.05) is 0 Å². The molecule has 0 aliphatic carbocycles. The van der Waals surface area contributed by atoms with Crippen LogP contribution in [0.4, 0.5) is 0 Å². The predicted octanol–water partition coefficient (Wildman–Crippen LogP) is 5.29. The van der Waals surface area contributed by atoms with Crippen LogP contribution in [0.2, 0.25) is 0 Å². The van der Waals surface area contributed by atoms with Crippen LogP contribution in [-0.4, -0.2) is 17.1 Å². The molecule has 0 radical (unpaired) electrons. The fourth-order valence-corrected chi connectivity index (χ4v) is 4.03. The van der Waals surface area contributed by atoms with Crippen molar-refractivity contribution in [2.45, 2.75) is 38.8 Å². The molecule has 1 unspecified atom stereocenters. The summed E-state index contributed by atoms with van der Waals surface area (Å²) in [6, 6.07) is 23.3. The predicted molar refractivity (Wildman–Crippen MR) is 112 cm³/mol. The number of hydrogen-bond donors (Lipinski definition) is 2. The Bertz CT molecular complexity index is 856. The van der Waals surface area contributed by atoms with E-state index in [1.165, 1.54) is 26.4 Å². The van der Waals surface area contributed by atoms with E-state index in [1.807, 2.05) is 18.2 Å². The Morgan fingerprint density at radius 3 is 2.48 bits per heavy atom. The molecule has 1 aromatic heterocycles. The summed E-state index contributed by atoms with van der Waals surface area (Å²) in [6.45, 7) is 2.85. The van der Waals surface area contributed by atoms with Crippen LogP contribution in [0, 0.1) is 6.92 Å². The molecule has 1 heterocycles. The lowest BCUT2D eigenvalue weighted by Gasteiger charge is -2.18. The van der Waals surface area contributed by atoms with Gasteiger partial charge in [0, 0.05) is 28.8 Å². The summed E-state index contributed by atoms with van der Waals surface area (Å²) in [7, 11) is 0. The number of rotatable bonds is 9. The highest BCUT2D eigenvalue weighted by Gasteiger charge is 2.12. The number of aryl methyl sites for hydroxylation is 1. The van der Waals surface area contributed by atoms with Crippen molar-refractivity contribution < 1.29 is 9.90 Å². The summed E-state index contributed by atoms with van der Waals surface area (Å²) in [5.41, 5.74) is 3.73. The number of thiophene rings is 1. The Balaban J connectivity index is 1.62. The van der Waals surface area contributed by atoms with Gasteiger partial charge in [0.25, 0.3) is 0 Å². The standard InChI is InChI=1S/C23H25NO2S/c1-17-7-9-19(10-8-17)22-13-12-21(27-22)16-24-20(11-14-23(25)26)15-18-5-3-2-4-6-18/h2-10,12-13,20,24H,11,14-16H2,1H3,(H,25,26). The first kappa shape index (κ1) is 19.3. The van der Waals surface area contributed by atoms with Gasteiger partial charge >= 0.3 is 5.97 Å².